The molecule has 5 nitrogen and oxygen atoms in total. The summed E-state index contributed by atoms with van der Waals surface area (Å²) in [5.41, 5.74) is -0.870. The first-order chi connectivity index (χ1) is 4.63. The summed E-state index contributed by atoms with van der Waals surface area (Å²) < 4.78 is 1.99. The Morgan fingerprint density at radius 1 is 1.60 bits per heavy atom. The van der Waals surface area contributed by atoms with Crippen LogP contribution in [0.3, 0.4) is 0 Å². The highest BCUT2D eigenvalue weighted by Crippen LogP contribution is 1.73. The van der Waals surface area contributed by atoms with Gasteiger partial charge in [-0.2, -0.15) is 5.10 Å². The quantitative estimate of drug-likeness (QED) is 0.436. The van der Waals surface area contributed by atoms with Gasteiger partial charge in [0, 0.05) is 7.05 Å². The highest BCUT2D eigenvalue weighted by Gasteiger charge is 1.95. The molecule has 1 atom stereocenters. The molecule has 6 heteroatoms. The van der Waals surface area contributed by atoms with Crippen molar-refractivity contribution in [2.24, 2.45) is 7.05 Å². The molecule has 1 aromatic rings. The number of aryl methyl sites for hydroxylation is 1. The molecule has 0 amide bonds. The van der Waals surface area contributed by atoms with Crippen LogP contribution in [0.25, 0.3) is 0 Å². The van der Waals surface area contributed by atoms with E-state index in [0.29, 0.717) is 0 Å². The fraction of sp³-hybridized carbons (Fsp3) is 0.250. The smallest absolute Gasteiger partial charge is 0.267 e. The van der Waals surface area contributed by atoms with E-state index in [9.17, 15) is 9.59 Å². The van der Waals surface area contributed by atoms with Gasteiger partial charge in [0.05, 0.1) is 0 Å². The Labute approximate surface area is 58.6 Å². The largest absolute Gasteiger partial charge is 0.350 e. The van der Waals surface area contributed by atoms with E-state index in [2.05, 4.69) is 5.10 Å². The number of aromatic nitrogens is 3. The molecular weight excluding hydrogens is 153 g/mol. The first-order valence-corrected chi connectivity index (χ1v) is 3.05. The average molecular weight is 159 g/mol. The van der Waals surface area contributed by atoms with Gasteiger partial charge in [0.25, 0.3) is 5.56 Å². The fourth-order valence-corrected chi connectivity index (χ4v) is 0.732. The van der Waals surface area contributed by atoms with E-state index in [4.69, 9.17) is 0 Å². The molecule has 0 bridgehead atoms. The lowest BCUT2D eigenvalue weighted by Crippen LogP contribution is -2.34. The lowest BCUT2D eigenvalue weighted by molar-refractivity contribution is 0.653. The summed E-state index contributed by atoms with van der Waals surface area (Å²) >= 11 is 0. The molecule has 0 radical (unpaired) electrons. The molecule has 1 heterocycles. The Morgan fingerprint density at radius 3 is 2.70 bits per heavy atom. The van der Waals surface area contributed by atoms with Gasteiger partial charge < -0.3 is 0 Å². The minimum atomic E-state index is -0.447. The van der Waals surface area contributed by atoms with E-state index >= 15 is 0 Å². The Bertz CT molecular complexity index is 352. The van der Waals surface area contributed by atoms with Crippen molar-refractivity contribution >= 4 is 9.39 Å². The number of rotatable bonds is 0. The second-order valence-corrected chi connectivity index (χ2v) is 2.28. The van der Waals surface area contributed by atoms with Crippen LogP contribution in [0, 0.1) is 0 Å². The van der Waals surface area contributed by atoms with E-state index in [1.54, 1.807) is 0 Å². The number of nitrogens with zero attached hydrogens (tertiary/aromatic N) is 3. The first-order valence-electron chi connectivity index (χ1n) is 2.53. The SMILES string of the molecule is Cn1ncc(=O)n(P)c1=O. The zero-order chi connectivity index (χ0) is 7.72. The summed E-state index contributed by atoms with van der Waals surface area (Å²) in [7, 11) is 3.48. The molecule has 0 fully saturated rings. The molecule has 1 aromatic heterocycles. The zero-order valence-electron chi connectivity index (χ0n) is 5.31. The van der Waals surface area contributed by atoms with Crippen LogP contribution in [0.1, 0.15) is 0 Å². The van der Waals surface area contributed by atoms with E-state index in [-0.39, 0.29) is 0 Å². The van der Waals surface area contributed by atoms with Gasteiger partial charge in [-0.15, -0.1) is 0 Å². The van der Waals surface area contributed by atoms with Gasteiger partial charge >= 0.3 is 5.69 Å². The molecule has 0 aliphatic heterocycles. The lowest BCUT2D eigenvalue weighted by atomic mass is 10.8. The van der Waals surface area contributed by atoms with Crippen molar-refractivity contribution < 1.29 is 0 Å². The summed E-state index contributed by atoms with van der Waals surface area (Å²) in [5.74, 6) is 0. The van der Waals surface area contributed by atoms with Gasteiger partial charge in [-0.3, -0.25) is 4.79 Å². The molecule has 10 heavy (non-hydrogen) atoms. The van der Waals surface area contributed by atoms with Crippen molar-refractivity contribution in [3.05, 3.63) is 27.0 Å². The third-order valence-corrected chi connectivity index (χ3v) is 1.54. The van der Waals surface area contributed by atoms with Crippen LogP contribution in [0.4, 0.5) is 0 Å². The van der Waals surface area contributed by atoms with Gasteiger partial charge in [-0.1, -0.05) is 0 Å². The maximum atomic E-state index is 10.8. The molecule has 0 aliphatic rings. The van der Waals surface area contributed by atoms with Crippen molar-refractivity contribution in [2.45, 2.75) is 0 Å². The molecule has 54 valence electrons. The monoisotopic (exact) mass is 159 g/mol. The van der Waals surface area contributed by atoms with Crippen molar-refractivity contribution in [1.82, 2.24) is 14.1 Å². The van der Waals surface area contributed by atoms with Crippen LogP contribution in [-0.2, 0) is 7.05 Å². The van der Waals surface area contributed by atoms with Gasteiger partial charge in [0.1, 0.15) is 6.20 Å². The Hall–Kier alpha value is -0.960. The van der Waals surface area contributed by atoms with Crippen LogP contribution in [-0.4, -0.2) is 14.1 Å². The van der Waals surface area contributed by atoms with Crippen LogP contribution >= 0.6 is 9.39 Å². The Morgan fingerprint density at radius 2 is 2.20 bits per heavy atom. The van der Waals surface area contributed by atoms with E-state index in [1.165, 1.54) is 7.05 Å². The molecule has 0 aliphatic carbocycles. The van der Waals surface area contributed by atoms with Crippen molar-refractivity contribution in [1.29, 1.82) is 0 Å². The second kappa shape index (κ2) is 2.34. The third-order valence-electron chi connectivity index (χ3n) is 1.06. The van der Waals surface area contributed by atoms with Crippen molar-refractivity contribution in [2.75, 3.05) is 0 Å². The van der Waals surface area contributed by atoms with Gasteiger partial charge in [0.2, 0.25) is 0 Å². The van der Waals surface area contributed by atoms with Crippen LogP contribution < -0.4 is 11.2 Å². The molecule has 0 N–H and O–H groups in total. The number of hydrogen-bond donors (Lipinski definition) is 0. The number of hydrogen-bond acceptors (Lipinski definition) is 3. The summed E-state index contributed by atoms with van der Waals surface area (Å²) in [4.78, 5) is 21.5. The lowest BCUT2D eigenvalue weighted by Gasteiger charge is -1.95. The fourth-order valence-electron chi connectivity index (χ4n) is 0.498. The predicted molar refractivity (Wildman–Crippen MR) is 38.8 cm³/mol. The Kier molecular flexibility index (Phi) is 1.68. The van der Waals surface area contributed by atoms with Crippen molar-refractivity contribution in [3.63, 3.8) is 0 Å². The molecular formula is C4H6N3O2P. The third kappa shape index (κ3) is 0.998. The molecule has 0 spiro atoms. The standard InChI is InChI=1S/C4H6N3O2P/c1-6-4(9)7(10)3(8)2-5-6/h2H,10H2,1H3. The normalized spacial score (nSPS) is 9.80. The van der Waals surface area contributed by atoms with Crippen LogP contribution in [0.15, 0.2) is 15.8 Å². The minimum Gasteiger partial charge on any atom is -0.267 e. The maximum Gasteiger partial charge on any atom is 0.350 e. The van der Waals surface area contributed by atoms with Gasteiger partial charge in [-0.05, 0) is 9.39 Å². The van der Waals surface area contributed by atoms with Gasteiger partial charge in [-0.25, -0.2) is 13.8 Å². The second-order valence-electron chi connectivity index (χ2n) is 1.76. The predicted octanol–water partition coefficient (Wildman–Crippen LogP) is -1.42. The molecule has 1 rings (SSSR count). The summed E-state index contributed by atoms with van der Waals surface area (Å²) in [6, 6.07) is 0. The van der Waals surface area contributed by atoms with E-state index < -0.39 is 11.2 Å². The molecule has 1 unspecified atom stereocenters. The Balaban J connectivity index is 3.66. The summed E-state index contributed by atoms with van der Waals surface area (Å²) in [6.07, 6.45) is 1.08. The summed E-state index contributed by atoms with van der Waals surface area (Å²) in [5, 5.41) is 3.50. The molecule has 0 saturated carbocycles. The highest BCUT2D eigenvalue weighted by molar-refractivity contribution is 7.14. The van der Waals surface area contributed by atoms with E-state index in [0.717, 1.165) is 15.2 Å². The highest BCUT2D eigenvalue weighted by atomic mass is 31.0. The zero-order valence-corrected chi connectivity index (χ0v) is 6.47. The molecule has 0 aromatic carbocycles. The van der Waals surface area contributed by atoms with Gasteiger partial charge in [0.15, 0.2) is 0 Å². The minimum absolute atomic E-state index is 0.423. The molecule has 0 saturated heterocycles. The topological polar surface area (TPSA) is 56.9 Å². The summed E-state index contributed by atoms with van der Waals surface area (Å²) in [6.45, 7) is 0. The van der Waals surface area contributed by atoms with Crippen LogP contribution in [0.2, 0.25) is 0 Å². The first kappa shape index (κ1) is 7.15. The van der Waals surface area contributed by atoms with Crippen LogP contribution in [0.5, 0.6) is 0 Å². The maximum absolute atomic E-state index is 10.8. The van der Waals surface area contributed by atoms with E-state index in [1.807, 2.05) is 9.39 Å². The average Bonchev–Trinajstić information content (AvgIpc) is 1.93. The van der Waals surface area contributed by atoms with Crippen molar-refractivity contribution in [3.8, 4) is 0 Å².